The third kappa shape index (κ3) is 3.48. The first kappa shape index (κ1) is 17.8. The molecule has 2 amide bonds. The fourth-order valence-corrected chi connectivity index (χ4v) is 6.13. The van der Waals surface area contributed by atoms with E-state index in [4.69, 9.17) is 5.11 Å². The highest BCUT2D eigenvalue weighted by Gasteiger charge is 2.36. The van der Waals surface area contributed by atoms with E-state index < -0.39 is 6.09 Å². The lowest BCUT2D eigenvalue weighted by Crippen LogP contribution is -2.49. The molecule has 142 valence electrons. The Hall–Kier alpha value is -1.56. The third-order valence-corrected chi connectivity index (χ3v) is 7.63. The van der Waals surface area contributed by atoms with Gasteiger partial charge < -0.3 is 14.9 Å². The first-order chi connectivity index (χ1) is 12.6. The van der Waals surface area contributed by atoms with Gasteiger partial charge in [0.05, 0.1) is 5.56 Å². The van der Waals surface area contributed by atoms with Crippen LogP contribution in [0.1, 0.15) is 72.5 Å². The van der Waals surface area contributed by atoms with Crippen molar-refractivity contribution in [1.29, 1.82) is 0 Å². The van der Waals surface area contributed by atoms with Crippen molar-refractivity contribution in [3.05, 3.63) is 21.9 Å². The Morgan fingerprint density at radius 1 is 1.00 bits per heavy atom. The lowest BCUT2D eigenvalue weighted by atomic mass is 9.78. The van der Waals surface area contributed by atoms with Crippen LogP contribution in [-0.4, -0.2) is 52.6 Å². The molecule has 0 bridgehead atoms. The lowest BCUT2D eigenvalue weighted by molar-refractivity contribution is 0.0391. The SMILES string of the molecule is O=C(O)N1CCC(c2cc(C(=O)N3CCCC4CCCCC43)cs2)CC1. The zero-order valence-corrected chi connectivity index (χ0v) is 16.0. The van der Waals surface area contributed by atoms with E-state index in [2.05, 4.69) is 11.0 Å². The van der Waals surface area contributed by atoms with Crippen molar-refractivity contribution < 1.29 is 14.7 Å². The molecule has 26 heavy (non-hydrogen) atoms. The van der Waals surface area contributed by atoms with Crippen LogP contribution < -0.4 is 0 Å². The summed E-state index contributed by atoms with van der Waals surface area (Å²) < 4.78 is 0. The number of hydrogen-bond donors (Lipinski definition) is 1. The van der Waals surface area contributed by atoms with Gasteiger partial charge in [-0.2, -0.15) is 0 Å². The van der Waals surface area contributed by atoms with Crippen molar-refractivity contribution in [3.8, 4) is 0 Å². The molecule has 2 unspecified atom stereocenters. The molecule has 0 spiro atoms. The number of likely N-dealkylation sites (tertiary alicyclic amines) is 2. The van der Waals surface area contributed by atoms with Gasteiger partial charge in [-0.05, 0) is 56.4 Å². The van der Waals surface area contributed by atoms with Gasteiger partial charge >= 0.3 is 6.09 Å². The standard InChI is InChI=1S/C20H28N2O3S/c23-19(22-9-3-5-14-4-1-2-6-17(14)22)16-12-18(26-13-16)15-7-10-21(11-8-15)20(24)25/h12-15,17H,1-11H2,(H,24,25). The molecule has 3 fully saturated rings. The maximum Gasteiger partial charge on any atom is 0.407 e. The molecule has 1 N–H and O–H groups in total. The number of thiophene rings is 1. The Kier molecular flexibility index (Phi) is 5.20. The predicted molar refractivity (Wildman–Crippen MR) is 102 cm³/mol. The van der Waals surface area contributed by atoms with Crippen molar-refractivity contribution >= 4 is 23.3 Å². The van der Waals surface area contributed by atoms with Gasteiger partial charge in [-0.15, -0.1) is 11.3 Å². The number of piperidine rings is 2. The fourth-order valence-electron chi connectivity index (χ4n) is 5.08. The Morgan fingerprint density at radius 2 is 1.73 bits per heavy atom. The molecule has 1 aromatic heterocycles. The van der Waals surface area contributed by atoms with Crippen LogP contribution >= 0.6 is 11.3 Å². The minimum absolute atomic E-state index is 0.215. The predicted octanol–water partition coefficient (Wildman–Crippen LogP) is 4.40. The number of hydrogen-bond acceptors (Lipinski definition) is 3. The van der Waals surface area contributed by atoms with Crippen LogP contribution in [0.5, 0.6) is 0 Å². The maximum atomic E-state index is 13.1. The summed E-state index contributed by atoms with van der Waals surface area (Å²) in [6.07, 6.45) is 8.33. The second kappa shape index (κ2) is 7.59. The van der Waals surface area contributed by atoms with Crippen molar-refractivity contribution in [3.63, 3.8) is 0 Å². The van der Waals surface area contributed by atoms with Crippen LogP contribution in [0.25, 0.3) is 0 Å². The molecule has 3 aliphatic rings. The highest BCUT2D eigenvalue weighted by atomic mass is 32.1. The zero-order valence-electron chi connectivity index (χ0n) is 15.2. The second-order valence-electron chi connectivity index (χ2n) is 8.03. The van der Waals surface area contributed by atoms with E-state index in [1.807, 2.05) is 5.38 Å². The normalized spacial score (nSPS) is 27.2. The minimum Gasteiger partial charge on any atom is -0.465 e. The van der Waals surface area contributed by atoms with E-state index >= 15 is 0 Å². The summed E-state index contributed by atoms with van der Waals surface area (Å²) in [6.45, 7) is 2.09. The molecule has 2 aliphatic heterocycles. The van der Waals surface area contributed by atoms with Gasteiger partial charge in [0, 0.05) is 35.9 Å². The maximum absolute atomic E-state index is 13.1. The first-order valence-corrected chi connectivity index (χ1v) is 10.9. The van der Waals surface area contributed by atoms with Crippen LogP contribution in [0.2, 0.25) is 0 Å². The van der Waals surface area contributed by atoms with Gasteiger partial charge in [0.2, 0.25) is 0 Å². The van der Waals surface area contributed by atoms with E-state index in [0.717, 1.165) is 31.4 Å². The molecule has 0 radical (unpaired) electrons. The monoisotopic (exact) mass is 376 g/mol. The topological polar surface area (TPSA) is 60.9 Å². The Bertz CT molecular complexity index is 664. The van der Waals surface area contributed by atoms with E-state index in [9.17, 15) is 9.59 Å². The highest BCUT2D eigenvalue weighted by molar-refractivity contribution is 7.10. The summed E-state index contributed by atoms with van der Waals surface area (Å²) in [5, 5.41) is 11.1. The van der Waals surface area contributed by atoms with Crippen molar-refractivity contribution in [2.45, 2.75) is 63.3 Å². The molecule has 4 rings (SSSR count). The number of carboxylic acid groups (broad SMARTS) is 1. The number of fused-ring (bicyclic) bond motifs is 1. The number of amides is 2. The minimum atomic E-state index is -0.822. The van der Waals surface area contributed by atoms with Crippen molar-refractivity contribution in [2.75, 3.05) is 19.6 Å². The average Bonchev–Trinajstić information content (AvgIpc) is 3.17. The molecule has 2 saturated heterocycles. The summed E-state index contributed by atoms with van der Waals surface area (Å²) in [5.41, 5.74) is 0.844. The van der Waals surface area contributed by atoms with E-state index in [-0.39, 0.29) is 5.91 Å². The molecule has 1 aliphatic carbocycles. The molecule has 5 nitrogen and oxygen atoms in total. The molecular formula is C20H28N2O3S. The van der Waals surface area contributed by atoms with Crippen LogP contribution in [0, 0.1) is 5.92 Å². The van der Waals surface area contributed by atoms with Crippen LogP contribution in [-0.2, 0) is 0 Å². The van der Waals surface area contributed by atoms with E-state index in [1.54, 1.807) is 11.3 Å². The van der Waals surface area contributed by atoms with Crippen LogP contribution in [0.3, 0.4) is 0 Å². The quantitative estimate of drug-likeness (QED) is 0.832. The third-order valence-electron chi connectivity index (χ3n) is 6.54. The Labute approximate surface area is 159 Å². The first-order valence-electron chi connectivity index (χ1n) is 10.0. The van der Waals surface area contributed by atoms with Crippen LogP contribution in [0.4, 0.5) is 4.79 Å². The largest absolute Gasteiger partial charge is 0.465 e. The average molecular weight is 377 g/mol. The van der Waals surface area contributed by atoms with Gasteiger partial charge in [-0.3, -0.25) is 4.79 Å². The van der Waals surface area contributed by atoms with Crippen LogP contribution in [0.15, 0.2) is 11.4 Å². The Balaban J connectivity index is 1.42. The molecule has 3 heterocycles. The molecular weight excluding hydrogens is 348 g/mol. The molecule has 1 saturated carbocycles. The summed E-state index contributed by atoms with van der Waals surface area (Å²) in [7, 11) is 0. The summed E-state index contributed by atoms with van der Waals surface area (Å²) >= 11 is 1.67. The summed E-state index contributed by atoms with van der Waals surface area (Å²) in [4.78, 5) is 29.1. The van der Waals surface area contributed by atoms with Gasteiger partial charge in [0.25, 0.3) is 5.91 Å². The van der Waals surface area contributed by atoms with Gasteiger partial charge in [0.15, 0.2) is 0 Å². The molecule has 2 atom stereocenters. The summed E-state index contributed by atoms with van der Waals surface area (Å²) in [6, 6.07) is 2.53. The van der Waals surface area contributed by atoms with Gasteiger partial charge in [-0.1, -0.05) is 12.8 Å². The van der Waals surface area contributed by atoms with Gasteiger partial charge in [-0.25, -0.2) is 4.79 Å². The zero-order chi connectivity index (χ0) is 18.1. The van der Waals surface area contributed by atoms with Crippen molar-refractivity contribution in [2.24, 2.45) is 5.92 Å². The molecule has 1 aromatic rings. The fraction of sp³-hybridized carbons (Fsp3) is 0.700. The van der Waals surface area contributed by atoms with E-state index in [0.29, 0.717) is 31.0 Å². The number of rotatable bonds is 2. The smallest absolute Gasteiger partial charge is 0.407 e. The summed E-state index contributed by atoms with van der Waals surface area (Å²) in [5.74, 6) is 1.31. The highest BCUT2D eigenvalue weighted by Crippen LogP contribution is 2.37. The number of carbonyl (C=O) groups excluding carboxylic acids is 1. The molecule has 6 heteroatoms. The van der Waals surface area contributed by atoms with Gasteiger partial charge in [0.1, 0.15) is 0 Å². The number of nitrogens with zero attached hydrogens (tertiary/aromatic N) is 2. The molecule has 0 aromatic carbocycles. The lowest BCUT2D eigenvalue weighted by Gasteiger charge is -2.44. The van der Waals surface area contributed by atoms with Crippen molar-refractivity contribution in [1.82, 2.24) is 9.80 Å². The Morgan fingerprint density at radius 3 is 2.50 bits per heavy atom. The second-order valence-corrected chi connectivity index (χ2v) is 8.98. The number of carbonyl (C=O) groups is 2. The van der Waals surface area contributed by atoms with E-state index in [1.165, 1.54) is 41.9 Å².